The lowest BCUT2D eigenvalue weighted by molar-refractivity contribution is 0.102. The number of nitrogens with zero attached hydrogens (tertiary/aromatic N) is 1. The van der Waals surface area contributed by atoms with Gasteiger partial charge in [0.05, 0.1) is 0 Å². The van der Waals surface area contributed by atoms with E-state index in [1.807, 2.05) is 67.5 Å². The third-order valence-corrected chi connectivity index (χ3v) is 4.48. The molecule has 0 unspecified atom stereocenters. The average Bonchev–Trinajstić information content (AvgIpc) is 2.68. The van der Waals surface area contributed by atoms with Crippen LogP contribution in [0.2, 0.25) is 5.02 Å². The van der Waals surface area contributed by atoms with Crippen LogP contribution in [0.25, 0.3) is 0 Å². The molecule has 4 nitrogen and oxygen atoms in total. The van der Waals surface area contributed by atoms with Crippen molar-refractivity contribution in [1.29, 1.82) is 0 Å². The summed E-state index contributed by atoms with van der Waals surface area (Å²) in [5.41, 5.74) is 3.32. The highest BCUT2D eigenvalue weighted by molar-refractivity contribution is 6.31. The van der Waals surface area contributed by atoms with Crippen LogP contribution in [0.1, 0.15) is 15.9 Å². The second-order valence-electron chi connectivity index (χ2n) is 6.30. The number of nitrogens with one attached hydrogen (secondary N) is 1. The number of benzene rings is 3. The van der Waals surface area contributed by atoms with Crippen LogP contribution in [0.15, 0.2) is 72.8 Å². The predicted octanol–water partition coefficient (Wildman–Crippen LogP) is 5.24. The summed E-state index contributed by atoms with van der Waals surface area (Å²) in [5.74, 6) is 0.520. The molecule has 0 fully saturated rings. The number of hydrogen-bond donors (Lipinski definition) is 1. The minimum atomic E-state index is -0.162. The molecule has 0 aliphatic heterocycles. The number of halogens is 1. The largest absolute Gasteiger partial charge is 0.489 e. The molecule has 0 aliphatic carbocycles. The van der Waals surface area contributed by atoms with Gasteiger partial charge >= 0.3 is 0 Å². The van der Waals surface area contributed by atoms with Gasteiger partial charge in [-0.15, -0.1) is 0 Å². The lowest BCUT2D eigenvalue weighted by Gasteiger charge is -2.13. The van der Waals surface area contributed by atoms with Gasteiger partial charge in [0.25, 0.3) is 5.91 Å². The maximum absolute atomic E-state index is 12.4. The second-order valence-corrected chi connectivity index (χ2v) is 6.71. The number of anilines is 2. The fraction of sp³-hybridized carbons (Fsp3) is 0.136. The maximum atomic E-state index is 12.4. The molecule has 138 valence electrons. The Morgan fingerprint density at radius 2 is 1.63 bits per heavy atom. The van der Waals surface area contributed by atoms with Crippen molar-refractivity contribution in [3.05, 3.63) is 88.9 Å². The minimum absolute atomic E-state index is 0.162. The molecule has 0 atom stereocenters. The summed E-state index contributed by atoms with van der Waals surface area (Å²) >= 11 is 6.13. The lowest BCUT2D eigenvalue weighted by atomic mass is 10.2. The Bertz CT molecular complexity index is 906. The van der Waals surface area contributed by atoms with Gasteiger partial charge in [-0.3, -0.25) is 4.79 Å². The van der Waals surface area contributed by atoms with Gasteiger partial charge in [-0.2, -0.15) is 0 Å². The van der Waals surface area contributed by atoms with Crippen molar-refractivity contribution in [2.24, 2.45) is 0 Å². The number of carbonyl (C=O) groups is 1. The fourth-order valence-electron chi connectivity index (χ4n) is 2.53. The maximum Gasteiger partial charge on any atom is 0.255 e. The van der Waals surface area contributed by atoms with Gasteiger partial charge in [-0.25, -0.2) is 0 Å². The lowest BCUT2D eigenvalue weighted by Crippen LogP contribution is -2.12. The SMILES string of the molecule is CN(C)c1ccc(NC(=O)c2ccc(OCc3ccccc3Cl)cc2)cc1. The smallest absolute Gasteiger partial charge is 0.255 e. The molecule has 3 aromatic carbocycles. The summed E-state index contributed by atoms with van der Waals surface area (Å²) in [7, 11) is 3.95. The summed E-state index contributed by atoms with van der Waals surface area (Å²) in [6.07, 6.45) is 0. The Morgan fingerprint density at radius 3 is 2.26 bits per heavy atom. The molecule has 1 N–H and O–H groups in total. The highest BCUT2D eigenvalue weighted by Gasteiger charge is 2.07. The number of hydrogen-bond acceptors (Lipinski definition) is 3. The van der Waals surface area contributed by atoms with E-state index in [0.717, 1.165) is 16.9 Å². The highest BCUT2D eigenvalue weighted by atomic mass is 35.5. The zero-order valence-electron chi connectivity index (χ0n) is 15.3. The molecule has 27 heavy (non-hydrogen) atoms. The molecule has 0 aromatic heterocycles. The molecule has 5 heteroatoms. The fourth-order valence-corrected chi connectivity index (χ4v) is 2.72. The highest BCUT2D eigenvalue weighted by Crippen LogP contribution is 2.20. The van der Waals surface area contributed by atoms with Gasteiger partial charge in [0.15, 0.2) is 0 Å². The van der Waals surface area contributed by atoms with Crippen molar-refractivity contribution in [2.45, 2.75) is 6.61 Å². The van der Waals surface area contributed by atoms with E-state index in [9.17, 15) is 4.79 Å². The van der Waals surface area contributed by atoms with Gasteiger partial charge < -0.3 is 15.0 Å². The van der Waals surface area contributed by atoms with E-state index in [-0.39, 0.29) is 5.91 Å². The summed E-state index contributed by atoms with van der Waals surface area (Å²) < 4.78 is 5.74. The molecular weight excluding hydrogens is 360 g/mol. The van der Waals surface area contributed by atoms with E-state index in [2.05, 4.69) is 5.32 Å². The Kier molecular flexibility index (Phi) is 5.99. The molecule has 3 rings (SSSR count). The van der Waals surface area contributed by atoms with Crippen molar-refractivity contribution in [3.63, 3.8) is 0 Å². The quantitative estimate of drug-likeness (QED) is 0.636. The number of rotatable bonds is 6. The third-order valence-electron chi connectivity index (χ3n) is 4.11. The zero-order chi connectivity index (χ0) is 19.2. The topological polar surface area (TPSA) is 41.6 Å². The Labute approximate surface area is 164 Å². The number of carbonyl (C=O) groups excluding carboxylic acids is 1. The van der Waals surface area contributed by atoms with Gasteiger partial charge in [0.1, 0.15) is 12.4 Å². The average molecular weight is 381 g/mol. The summed E-state index contributed by atoms with van der Waals surface area (Å²) in [6, 6.07) is 22.3. The van der Waals surface area contributed by atoms with E-state index >= 15 is 0 Å². The number of ether oxygens (including phenoxy) is 1. The summed E-state index contributed by atoms with van der Waals surface area (Å²) in [6.45, 7) is 0.378. The molecule has 0 aliphatic rings. The molecule has 0 bridgehead atoms. The van der Waals surface area contributed by atoms with E-state index < -0.39 is 0 Å². The van der Waals surface area contributed by atoms with Crippen LogP contribution in [0, 0.1) is 0 Å². The van der Waals surface area contributed by atoms with Gasteiger partial charge in [0.2, 0.25) is 0 Å². The number of amides is 1. The zero-order valence-corrected chi connectivity index (χ0v) is 16.0. The van der Waals surface area contributed by atoms with Crippen LogP contribution >= 0.6 is 11.6 Å². The molecule has 0 radical (unpaired) electrons. The van der Waals surface area contributed by atoms with Crippen molar-refractivity contribution >= 4 is 28.9 Å². The van der Waals surface area contributed by atoms with Crippen LogP contribution < -0.4 is 15.0 Å². The van der Waals surface area contributed by atoms with Crippen LogP contribution in [0.3, 0.4) is 0 Å². The van der Waals surface area contributed by atoms with Crippen LogP contribution in [0.4, 0.5) is 11.4 Å². The Hall–Kier alpha value is -2.98. The molecule has 0 spiro atoms. The molecule has 3 aromatic rings. The first-order valence-electron chi connectivity index (χ1n) is 8.58. The van der Waals surface area contributed by atoms with Gasteiger partial charge in [-0.1, -0.05) is 29.8 Å². The Balaban J connectivity index is 1.59. The van der Waals surface area contributed by atoms with Crippen LogP contribution in [0.5, 0.6) is 5.75 Å². The van der Waals surface area contributed by atoms with Crippen molar-refractivity contribution in [1.82, 2.24) is 0 Å². The summed E-state index contributed by atoms with van der Waals surface area (Å²) in [5, 5.41) is 3.57. The predicted molar refractivity (Wildman–Crippen MR) is 111 cm³/mol. The first-order chi connectivity index (χ1) is 13.0. The molecule has 1 amide bonds. The van der Waals surface area contributed by atoms with Crippen molar-refractivity contribution in [3.8, 4) is 5.75 Å². The van der Waals surface area contributed by atoms with E-state index in [0.29, 0.717) is 22.9 Å². The summed E-state index contributed by atoms with van der Waals surface area (Å²) in [4.78, 5) is 14.4. The van der Waals surface area contributed by atoms with Crippen molar-refractivity contribution in [2.75, 3.05) is 24.3 Å². The van der Waals surface area contributed by atoms with Gasteiger partial charge in [-0.05, 0) is 54.6 Å². The van der Waals surface area contributed by atoms with Gasteiger partial charge in [0, 0.05) is 41.6 Å². The van der Waals surface area contributed by atoms with E-state index in [1.165, 1.54) is 0 Å². The molecular formula is C22H21ClN2O2. The van der Waals surface area contributed by atoms with E-state index in [1.54, 1.807) is 24.3 Å². The van der Waals surface area contributed by atoms with Crippen LogP contribution in [-0.2, 0) is 6.61 Å². The third kappa shape index (κ3) is 5.02. The normalized spacial score (nSPS) is 10.3. The second kappa shape index (κ2) is 8.60. The van der Waals surface area contributed by atoms with E-state index in [4.69, 9.17) is 16.3 Å². The van der Waals surface area contributed by atoms with Crippen molar-refractivity contribution < 1.29 is 9.53 Å². The first-order valence-corrected chi connectivity index (χ1v) is 8.96. The first kappa shape index (κ1) is 18.8. The molecule has 0 saturated carbocycles. The molecule has 0 saturated heterocycles. The standard InChI is InChI=1S/C22H21ClN2O2/c1-25(2)19-11-9-18(10-12-19)24-22(26)16-7-13-20(14-8-16)27-15-17-5-3-4-6-21(17)23/h3-14H,15H2,1-2H3,(H,24,26). The van der Waals surface area contributed by atoms with Crippen LogP contribution in [-0.4, -0.2) is 20.0 Å². The minimum Gasteiger partial charge on any atom is -0.489 e. The molecule has 0 heterocycles. The monoisotopic (exact) mass is 380 g/mol. The Morgan fingerprint density at radius 1 is 0.963 bits per heavy atom.